The van der Waals surface area contributed by atoms with Gasteiger partial charge in [-0.3, -0.25) is 4.79 Å². The van der Waals surface area contributed by atoms with Crippen LogP contribution in [0.4, 0.5) is 0 Å². The van der Waals surface area contributed by atoms with Crippen molar-refractivity contribution in [1.82, 2.24) is 24.1 Å². The first-order valence-corrected chi connectivity index (χ1v) is 10.3. The van der Waals surface area contributed by atoms with Crippen molar-refractivity contribution in [2.75, 3.05) is 6.61 Å². The topological polar surface area (TPSA) is 91.4 Å². The molecule has 4 aromatic rings. The number of hydrogen-bond acceptors (Lipinski definition) is 6. The molecule has 4 rings (SSSR count). The van der Waals surface area contributed by atoms with Crippen molar-refractivity contribution < 1.29 is 14.3 Å². The van der Waals surface area contributed by atoms with Gasteiger partial charge in [0.1, 0.15) is 0 Å². The first-order valence-electron chi connectivity index (χ1n) is 10.3. The number of hydrogen-bond donors (Lipinski definition) is 0. The number of Topliss-reactive ketones (excluding diaryl/α,β-unsaturated/α-hetero) is 1. The van der Waals surface area contributed by atoms with E-state index in [-0.39, 0.29) is 11.6 Å². The lowest BCUT2D eigenvalue weighted by Crippen LogP contribution is -2.16. The quantitative estimate of drug-likeness (QED) is 0.353. The lowest BCUT2D eigenvalue weighted by Gasteiger charge is -2.12. The summed E-state index contributed by atoms with van der Waals surface area (Å²) in [6, 6.07) is 9.85. The SMILES string of the molecule is Cc1cc(C)n2nc(C(=O)OCC(=O)c3cc(C)n(-c4ccc(C)c(C)c4)c3C)nc2n1. The highest BCUT2D eigenvalue weighted by Gasteiger charge is 2.21. The number of rotatable bonds is 5. The number of fused-ring (bicyclic) bond motifs is 1. The molecule has 0 N–H and O–H groups in total. The summed E-state index contributed by atoms with van der Waals surface area (Å²) in [5.74, 6) is -0.850. The molecule has 0 aliphatic rings. The highest BCUT2D eigenvalue weighted by molar-refractivity contribution is 6.00. The van der Waals surface area contributed by atoms with Crippen LogP contribution in [0.5, 0.6) is 0 Å². The second-order valence-corrected chi connectivity index (χ2v) is 8.07. The Kier molecular flexibility index (Phi) is 5.38. The lowest BCUT2D eigenvalue weighted by atomic mass is 10.1. The van der Waals surface area contributed by atoms with E-state index in [1.165, 1.54) is 15.6 Å². The van der Waals surface area contributed by atoms with Gasteiger partial charge in [0, 0.05) is 34.0 Å². The van der Waals surface area contributed by atoms with E-state index in [2.05, 4.69) is 41.0 Å². The van der Waals surface area contributed by atoms with Gasteiger partial charge in [0.2, 0.25) is 5.78 Å². The van der Waals surface area contributed by atoms with Gasteiger partial charge in [0.15, 0.2) is 6.61 Å². The third-order valence-electron chi connectivity index (χ3n) is 5.62. The molecule has 0 radical (unpaired) electrons. The summed E-state index contributed by atoms with van der Waals surface area (Å²) in [6.07, 6.45) is 0. The zero-order valence-electron chi connectivity index (χ0n) is 19.1. The summed E-state index contributed by atoms with van der Waals surface area (Å²) in [7, 11) is 0. The number of ketones is 1. The standard InChI is InChI=1S/C24H25N5O3/c1-13-7-8-19(9-14(13)2)28-16(4)11-20(18(28)6)21(30)12-32-23(31)22-26-24-25-15(3)10-17(5)29(24)27-22/h7-11H,12H2,1-6H3. The largest absolute Gasteiger partial charge is 0.451 e. The third kappa shape index (κ3) is 3.79. The van der Waals surface area contributed by atoms with Crippen LogP contribution < -0.4 is 0 Å². The predicted molar refractivity (Wildman–Crippen MR) is 120 cm³/mol. The van der Waals surface area contributed by atoms with Crippen molar-refractivity contribution >= 4 is 17.5 Å². The number of esters is 1. The summed E-state index contributed by atoms with van der Waals surface area (Å²) in [5.41, 5.74) is 7.20. The summed E-state index contributed by atoms with van der Waals surface area (Å²) >= 11 is 0. The molecule has 0 bridgehead atoms. The van der Waals surface area contributed by atoms with Crippen LogP contribution in [-0.4, -0.2) is 42.5 Å². The molecule has 1 aromatic carbocycles. The number of carbonyl (C=O) groups is 2. The molecule has 0 saturated carbocycles. The predicted octanol–water partition coefficient (Wildman–Crippen LogP) is 3.81. The normalized spacial score (nSPS) is 11.2. The van der Waals surface area contributed by atoms with Gasteiger partial charge in [-0.1, -0.05) is 6.07 Å². The Balaban J connectivity index is 1.53. The molecule has 3 aromatic heterocycles. The Morgan fingerprint density at radius 1 is 0.906 bits per heavy atom. The van der Waals surface area contributed by atoms with E-state index in [0.29, 0.717) is 11.3 Å². The Hall–Kier alpha value is -3.81. The minimum Gasteiger partial charge on any atom is -0.451 e. The average molecular weight is 431 g/mol. The van der Waals surface area contributed by atoms with E-state index in [1.807, 2.05) is 50.5 Å². The average Bonchev–Trinajstić information content (AvgIpc) is 3.29. The van der Waals surface area contributed by atoms with Crippen molar-refractivity contribution in [3.05, 3.63) is 75.6 Å². The van der Waals surface area contributed by atoms with Crippen LogP contribution in [0.3, 0.4) is 0 Å². The van der Waals surface area contributed by atoms with Crippen molar-refractivity contribution in [1.29, 1.82) is 0 Å². The fraction of sp³-hybridized carbons (Fsp3) is 0.292. The number of aryl methyl sites for hydroxylation is 5. The zero-order chi connectivity index (χ0) is 23.2. The molecule has 8 nitrogen and oxygen atoms in total. The molecule has 0 unspecified atom stereocenters. The molecule has 8 heteroatoms. The number of aromatic nitrogens is 5. The van der Waals surface area contributed by atoms with E-state index in [4.69, 9.17) is 4.74 Å². The molecule has 0 aliphatic heterocycles. The van der Waals surface area contributed by atoms with Gasteiger partial charge in [-0.05, 0) is 76.9 Å². The minimum absolute atomic E-state index is 0.125. The number of nitrogens with zero attached hydrogens (tertiary/aromatic N) is 5. The van der Waals surface area contributed by atoms with E-state index in [0.717, 1.165) is 28.5 Å². The van der Waals surface area contributed by atoms with Crippen LogP contribution in [0.1, 0.15) is 54.9 Å². The summed E-state index contributed by atoms with van der Waals surface area (Å²) in [6.45, 7) is 11.3. The zero-order valence-corrected chi connectivity index (χ0v) is 19.1. The summed E-state index contributed by atoms with van der Waals surface area (Å²) in [5, 5.41) is 4.15. The smallest absolute Gasteiger partial charge is 0.378 e. The van der Waals surface area contributed by atoms with Crippen LogP contribution in [0.15, 0.2) is 30.3 Å². The molecule has 32 heavy (non-hydrogen) atoms. The highest BCUT2D eigenvalue weighted by atomic mass is 16.5. The van der Waals surface area contributed by atoms with Crippen LogP contribution in [0, 0.1) is 41.5 Å². The van der Waals surface area contributed by atoms with Gasteiger partial charge in [-0.15, -0.1) is 5.10 Å². The first-order chi connectivity index (χ1) is 15.2. The second-order valence-electron chi connectivity index (χ2n) is 8.07. The van der Waals surface area contributed by atoms with Crippen LogP contribution >= 0.6 is 0 Å². The van der Waals surface area contributed by atoms with Gasteiger partial charge in [-0.2, -0.15) is 4.98 Å². The van der Waals surface area contributed by atoms with Crippen LogP contribution in [0.25, 0.3) is 11.5 Å². The maximum absolute atomic E-state index is 12.8. The van der Waals surface area contributed by atoms with Crippen molar-refractivity contribution in [2.24, 2.45) is 0 Å². The van der Waals surface area contributed by atoms with Crippen molar-refractivity contribution in [3.63, 3.8) is 0 Å². The monoisotopic (exact) mass is 431 g/mol. The van der Waals surface area contributed by atoms with E-state index in [1.54, 1.807) is 0 Å². The fourth-order valence-corrected chi connectivity index (χ4v) is 3.83. The molecule has 0 fully saturated rings. The van der Waals surface area contributed by atoms with Gasteiger partial charge in [0.05, 0.1) is 0 Å². The van der Waals surface area contributed by atoms with Gasteiger partial charge >= 0.3 is 5.97 Å². The summed E-state index contributed by atoms with van der Waals surface area (Å²) < 4.78 is 8.73. The third-order valence-corrected chi connectivity index (χ3v) is 5.62. The van der Waals surface area contributed by atoms with Crippen LogP contribution in [0.2, 0.25) is 0 Å². The molecular formula is C24H25N5O3. The molecule has 0 spiro atoms. The van der Waals surface area contributed by atoms with Crippen LogP contribution in [-0.2, 0) is 4.74 Å². The molecular weight excluding hydrogens is 406 g/mol. The number of carbonyl (C=O) groups excluding carboxylic acids is 2. The molecule has 0 aliphatic carbocycles. The lowest BCUT2D eigenvalue weighted by molar-refractivity contribution is 0.0462. The Labute approximate surface area is 185 Å². The second kappa shape index (κ2) is 8.03. The minimum atomic E-state index is -0.760. The van der Waals surface area contributed by atoms with E-state index >= 15 is 0 Å². The van der Waals surface area contributed by atoms with Crippen molar-refractivity contribution in [3.8, 4) is 5.69 Å². The fourth-order valence-electron chi connectivity index (χ4n) is 3.83. The number of ether oxygens (including phenoxy) is 1. The summed E-state index contributed by atoms with van der Waals surface area (Å²) in [4.78, 5) is 33.7. The Morgan fingerprint density at radius 2 is 1.66 bits per heavy atom. The molecule has 164 valence electrons. The van der Waals surface area contributed by atoms with E-state index in [9.17, 15) is 9.59 Å². The number of benzene rings is 1. The first kappa shape index (κ1) is 21.4. The Bertz CT molecular complexity index is 1380. The van der Waals surface area contributed by atoms with Gasteiger partial charge < -0.3 is 9.30 Å². The maximum Gasteiger partial charge on any atom is 0.378 e. The van der Waals surface area contributed by atoms with Gasteiger partial charge in [0.25, 0.3) is 11.6 Å². The highest BCUT2D eigenvalue weighted by Crippen LogP contribution is 2.23. The Morgan fingerprint density at radius 3 is 2.38 bits per heavy atom. The maximum atomic E-state index is 12.8. The molecule has 3 heterocycles. The van der Waals surface area contributed by atoms with E-state index < -0.39 is 12.6 Å². The molecule has 0 saturated heterocycles. The van der Waals surface area contributed by atoms with Gasteiger partial charge in [-0.25, -0.2) is 14.3 Å². The molecule has 0 amide bonds. The van der Waals surface area contributed by atoms with Crippen molar-refractivity contribution in [2.45, 2.75) is 41.5 Å². The molecule has 0 atom stereocenters.